The third-order valence-electron chi connectivity index (χ3n) is 2.94. The van der Waals surface area contributed by atoms with Crippen LogP contribution in [0.4, 0.5) is 0 Å². The van der Waals surface area contributed by atoms with E-state index in [0.29, 0.717) is 28.9 Å². The van der Waals surface area contributed by atoms with Crippen LogP contribution in [0.15, 0.2) is 68.7 Å². The Balaban J connectivity index is 1.67. The highest BCUT2D eigenvalue weighted by Crippen LogP contribution is 2.27. The molecule has 3 heterocycles. The van der Waals surface area contributed by atoms with Crippen molar-refractivity contribution in [1.29, 1.82) is 0 Å². The van der Waals surface area contributed by atoms with Gasteiger partial charge in [0.2, 0.25) is 11.8 Å². The Morgan fingerprint density at radius 1 is 0.857 bits per heavy atom. The zero-order valence-corrected chi connectivity index (χ0v) is 10.8. The lowest BCUT2D eigenvalue weighted by molar-refractivity contribution is 0.553. The second kappa shape index (κ2) is 4.75. The van der Waals surface area contributed by atoms with Gasteiger partial charge in [0.25, 0.3) is 0 Å². The molecule has 0 unspecified atom stereocenters. The van der Waals surface area contributed by atoms with Crippen LogP contribution in [0.5, 0.6) is 0 Å². The fourth-order valence-electron chi connectivity index (χ4n) is 1.94. The molecule has 0 N–H and O–H groups in total. The molecule has 0 saturated carbocycles. The summed E-state index contributed by atoms with van der Waals surface area (Å²) < 4.78 is 15.9. The van der Waals surface area contributed by atoms with Crippen molar-refractivity contribution in [1.82, 2.24) is 15.0 Å². The molecular formula is C15H9N3O3. The van der Waals surface area contributed by atoms with Crippen LogP contribution in [-0.2, 0) is 0 Å². The highest BCUT2D eigenvalue weighted by Gasteiger charge is 2.15. The van der Waals surface area contributed by atoms with E-state index < -0.39 is 0 Å². The summed E-state index contributed by atoms with van der Waals surface area (Å²) in [5.74, 6) is 1.43. The van der Waals surface area contributed by atoms with E-state index in [1.165, 1.54) is 18.9 Å². The first-order chi connectivity index (χ1) is 10.4. The van der Waals surface area contributed by atoms with Gasteiger partial charge >= 0.3 is 0 Å². The SMILES string of the molecule is c1ccc(-c2cnc(-c3coc(-c4cocn4)n3)o2)cc1. The van der Waals surface area contributed by atoms with Gasteiger partial charge in [0.1, 0.15) is 12.5 Å². The second-order valence-corrected chi connectivity index (χ2v) is 4.31. The van der Waals surface area contributed by atoms with Crippen molar-refractivity contribution in [2.75, 3.05) is 0 Å². The van der Waals surface area contributed by atoms with Gasteiger partial charge in [-0.25, -0.2) is 15.0 Å². The molecule has 0 aliphatic heterocycles. The fraction of sp³-hybridized carbons (Fsp3) is 0. The summed E-state index contributed by atoms with van der Waals surface area (Å²) in [6.07, 6.45) is 5.91. The Labute approximate surface area is 119 Å². The van der Waals surface area contributed by atoms with Gasteiger partial charge in [0, 0.05) is 5.56 Å². The number of benzene rings is 1. The van der Waals surface area contributed by atoms with Crippen molar-refractivity contribution in [2.45, 2.75) is 0 Å². The summed E-state index contributed by atoms with van der Waals surface area (Å²) in [6, 6.07) is 9.73. The predicted octanol–water partition coefficient (Wildman–Crippen LogP) is 3.65. The molecule has 0 radical (unpaired) electrons. The Morgan fingerprint density at radius 2 is 1.76 bits per heavy atom. The molecule has 0 bridgehead atoms. The first-order valence-corrected chi connectivity index (χ1v) is 6.26. The Kier molecular flexibility index (Phi) is 2.64. The maximum Gasteiger partial charge on any atom is 0.249 e. The van der Waals surface area contributed by atoms with Crippen molar-refractivity contribution in [3.8, 4) is 34.5 Å². The third-order valence-corrected chi connectivity index (χ3v) is 2.94. The van der Waals surface area contributed by atoms with Crippen LogP contribution in [0.3, 0.4) is 0 Å². The number of oxazole rings is 3. The number of hydrogen-bond donors (Lipinski definition) is 0. The molecule has 21 heavy (non-hydrogen) atoms. The number of rotatable bonds is 3. The third kappa shape index (κ3) is 2.12. The summed E-state index contributed by atoms with van der Waals surface area (Å²) >= 11 is 0. The molecule has 4 rings (SSSR count). The van der Waals surface area contributed by atoms with Crippen LogP contribution in [0, 0.1) is 0 Å². The van der Waals surface area contributed by atoms with Crippen molar-refractivity contribution in [3.63, 3.8) is 0 Å². The summed E-state index contributed by atoms with van der Waals surface area (Å²) in [7, 11) is 0. The molecule has 6 nitrogen and oxygen atoms in total. The summed E-state index contributed by atoms with van der Waals surface area (Å²) in [4.78, 5) is 12.5. The van der Waals surface area contributed by atoms with Gasteiger partial charge in [-0.2, -0.15) is 0 Å². The van der Waals surface area contributed by atoms with E-state index in [0.717, 1.165) is 5.56 Å². The van der Waals surface area contributed by atoms with Crippen molar-refractivity contribution in [3.05, 3.63) is 55.4 Å². The maximum absolute atomic E-state index is 5.71. The lowest BCUT2D eigenvalue weighted by Gasteiger charge is -1.93. The first kappa shape index (κ1) is 11.7. The van der Waals surface area contributed by atoms with Gasteiger partial charge in [-0.15, -0.1) is 0 Å². The minimum Gasteiger partial charge on any atom is -0.451 e. The molecule has 0 aliphatic rings. The zero-order chi connectivity index (χ0) is 14.1. The molecule has 0 aliphatic carbocycles. The lowest BCUT2D eigenvalue weighted by Crippen LogP contribution is -1.79. The number of aromatic nitrogens is 3. The highest BCUT2D eigenvalue weighted by molar-refractivity contribution is 5.60. The van der Waals surface area contributed by atoms with Gasteiger partial charge in [0.15, 0.2) is 23.5 Å². The van der Waals surface area contributed by atoms with Crippen LogP contribution in [-0.4, -0.2) is 15.0 Å². The minimum absolute atomic E-state index is 0.359. The van der Waals surface area contributed by atoms with E-state index >= 15 is 0 Å². The van der Waals surface area contributed by atoms with Gasteiger partial charge in [-0.3, -0.25) is 0 Å². The van der Waals surface area contributed by atoms with Crippen molar-refractivity contribution < 1.29 is 13.3 Å². The van der Waals surface area contributed by atoms with Gasteiger partial charge in [-0.05, 0) is 0 Å². The molecule has 0 spiro atoms. The van der Waals surface area contributed by atoms with Gasteiger partial charge in [-0.1, -0.05) is 30.3 Å². The second-order valence-electron chi connectivity index (χ2n) is 4.31. The van der Waals surface area contributed by atoms with E-state index in [1.807, 2.05) is 30.3 Å². The fourth-order valence-corrected chi connectivity index (χ4v) is 1.94. The molecule has 6 heteroatoms. The summed E-state index contributed by atoms with van der Waals surface area (Å²) in [5.41, 5.74) is 1.99. The quantitative estimate of drug-likeness (QED) is 0.569. The number of hydrogen-bond acceptors (Lipinski definition) is 6. The molecule has 0 fully saturated rings. The Hall–Kier alpha value is -3.15. The lowest BCUT2D eigenvalue weighted by atomic mass is 10.2. The van der Waals surface area contributed by atoms with Crippen molar-refractivity contribution in [2.24, 2.45) is 0 Å². The summed E-state index contributed by atoms with van der Waals surface area (Å²) in [5, 5.41) is 0. The normalized spacial score (nSPS) is 10.9. The molecular weight excluding hydrogens is 270 g/mol. The van der Waals surface area contributed by atoms with E-state index in [9.17, 15) is 0 Å². The van der Waals surface area contributed by atoms with E-state index in [2.05, 4.69) is 15.0 Å². The molecule has 1 aromatic carbocycles. The smallest absolute Gasteiger partial charge is 0.249 e. The Bertz CT molecular complexity index is 847. The van der Waals surface area contributed by atoms with Crippen LogP contribution < -0.4 is 0 Å². The van der Waals surface area contributed by atoms with Crippen molar-refractivity contribution >= 4 is 0 Å². The van der Waals surface area contributed by atoms with Crippen LogP contribution in [0.1, 0.15) is 0 Å². The van der Waals surface area contributed by atoms with E-state index in [4.69, 9.17) is 13.3 Å². The average molecular weight is 279 g/mol. The van der Waals surface area contributed by atoms with Gasteiger partial charge < -0.3 is 13.3 Å². The van der Waals surface area contributed by atoms with E-state index in [-0.39, 0.29) is 0 Å². The van der Waals surface area contributed by atoms with E-state index in [1.54, 1.807) is 6.20 Å². The zero-order valence-electron chi connectivity index (χ0n) is 10.8. The standard InChI is InChI=1S/C15H9N3O3/c1-2-4-10(5-3-1)13-6-16-14(21-13)12-8-20-15(18-12)11-7-19-9-17-11/h1-9H. The largest absolute Gasteiger partial charge is 0.451 e. The average Bonchev–Trinajstić information content (AvgIpc) is 3.27. The van der Waals surface area contributed by atoms with Crippen LogP contribution in [0.2, 0.25) is 0 Å². The van der Waals surface area contributed by atoms with Crippen LogP contribution in [0.25, 0.3) is 34.5 Å². The first-order valence-electron chi connectivity index (χ1n) is 6.26. The molecule has 3 aromatic heterocycles. The topological polar surface area (TPSA) is 78.1 Å². The molecule has 102 valence electrons. The van der Waals surface area contributed by atoms with Gasteiger partial charge in [0.05, 0.1) is 6.20 Å². The monoisotopic (exact) mass is 279 g/mol. The highest BCUT2D eigenvalue weighted by atomic mass is 16.4. The Morgan fingerprint density at radius 3 is 2.57 bits per heavy atom. The molecule has 0 amide bonds. The van der Waals surface area contributed by atoms with Crippen LogP contribution >= 0.6 is 0 Å². The number of nitrogens with zero attached hydrogens (tertiary/aromatic N) is 3. The minimum atomic E-state index is 0.359. The molecule has 4 aromatic rings. The predicted molar refractivity (Wildman–Crippen MR) is 72.9 cm³/mol. The maximum atomic E-state index is 5.71. The molecule has 0 saturated heterocycles. The molecule has 0 atom stereocenters. The summed E-state index contributed by atoms with van der Waals surface area (Å²) in [6.45, 7) is 0.